The second-order valence-electron chi connectivity index (χ2n) is 9.47. The molecule has 3 aliphatic rings. The van der Waals surface area contributed by atoms with Crippen molar-refractivity contribution in [3.8, 4) is 11.1 Å². The van der Waals surface area contributed by atoms with Crippen LogP contribution in [-0.4, -0.2) is 57.8 Å². The molecule has 8 heteroatoms. The summed E-state index contributed by atoms with van der Waals surface area (Å²) in [5, 5.41) is 12.4. The molecule has 0 radical (unpaired) electrons. The first kappa shape index (κ1) is 23.7. The second kappa shape index (κ2) is 9.93. The zero-order valence-corrected chi connectivity index (χ0v) is 20.5. The molecule has 2 aliphatic carbocycles. The Morgan fingerprint density at radius 2 is 1.71 bits per heavy atom. The van der Waals surface area contributed by atoms with Gasteiger partial charge in [0.2, 0.25) is 5.91 Å². The molecule has 2 amide bonds. The predicted octanol–water partition coefficient (Wildman–Crippen LogP) is 4.46. The van der Waals surface area contributed by atoms with E-state index in [9.17, 15) is 19.5 Å². The standard InChI is InChI=1S/C27H30N2O5S/c1-2-24-29(23(15-35-24)26(31)32)25(30)16-11-12-17(13-16)28-27(33)34-14-22-20-9-5-3-7-18(20)19-8-4-6-10-21(19)22/h3-10,16-17,22-24H,2,11-15H2,1H3,(H,28,33)(H,31,32). The Bertz CT molecular complexity index is 1090. The lowest BCUT2D eigenvalue weighted by Gasteiger charge is -2.29. The van der Waals surface area contributed by atoms with Gasteiger partial charge in [-0.15, -0.1) is 11.8 Å². The summed E-state index contributed by atoms with van der Waals surface area (Å²) in [5.74, 6) is -0.909. The quantitative estimate of drug-likeness (QED) is 0.616. The molecule has 0 bridgehead atoms. The van der Waals surface area contributed by atoms with E-state index in [0.717, 1.165) is 11.1 Å². The van der Waals surface area contributed by atoms with Crippen LogP contribution in [0.4, 0.5) is 4.79 Å². The molecule has 4 unspecified atom stereocenters. The summed E-state index contributed by atoms with van der Waals surface area (Å²) in [5.41, 5.74) is 4.68. The lowest BCUT2D eigenvalue weighted by molar-refractivity contribution is -0.150. The van der Waals surface area contributed by atoms with Gasteiger partial charge in [-0.05, 0) is 47.9 Å². The number of rotatable bonds is 6. The number of nitrogens with zero attached hydrogens (tertiary/aromatic N) is 1. The van der Waals surface area contributed by atoms with Crippen molar-refractivity contribution >= 4 is 29.7 Å². The minimum atomic E-state index is -0.951. The number of thioether (sulfide) groups is 1. The molecule has 1 saturated heterocycles. The van der Waals surface area contributed by atoms with Crippen molar-refractivity contribution in [2.75, 3.05) is 12.4 Å². The fraction of sp³-hybridized carbons (Fsp3) is 0.444. The van der Waals surface area contributed by atoms with Crippen LogP contribution in [0.25, 0.3) is 11.1 Å². The van der Waals surface area contributed by atoms with Crippen molar-refractivity contribution in [2.45, 2.75) is 56.0 Å². The molecule has 4 atom stereocenters. The van der Waals surface area contributed by atoms with Gasteiger partial charge in [0.15, 0.2) is 0 Å². The summed E-state index contributed by atoms with van der Waals surface area (Å²) in [6, 6.07) is 15.5. The van der Waals surface area contributed by atoms with Crippen LogP contribution < -0.4 is 5.32 Å². The third kappa shape index (κ3) is 4.51. The van der Waals surface area contributed by atoms with Gasteiger partial charge in [-0.1, -0.05) is 55.5 Å². The molecule has 0 spiro atoms. The minimum absolute atomic E-state index is 0.00218. The highest BCUT2D eigenvalue weighted by atomic mass is 32.2. The summed E-state index contributed by atoms with van der Waals surface area (Å²) in [4.78, 5) is 39.1. The summed E-state index contributed by atoms with van der Waals surface area (Å²) >= 11 is 1.53. The van der Waals surface area contributed by atoms with Gasteiger partial charge < -0.3 is 20.1 Å². The molecule has 7 nitrogen and oxygen atoms in total. The van der Waals surface area contributed by atoms with Crippen LogP contribution in [0, 0.1) is 5.92 Å². The monoisotopic (exact) mass is 494 g/mol. The first-order chi connectivity index (χ1) is 17.0. The number of carbonyl (C=O) groups is 3. The van der Waals surface area contributed by atoms with Crippen molar-refractivity contribution in [3.63, 3.8) is 0 Å². The number of fused-ring (bicyclic) bond motifs is 3. The highest BCUT2D eigenvalue weighted by molar-refractivity contribution is 8.00. The van der Waals surface area contributed by atoms with E-state index in [1.54, 1.807) is 4.90 Å². The minimum Gasteiger partial charge on any atom is -0.480 e. The Morgan fingerprint density at radius 3 is 2.34 bits per heavy atom. The van der Waals surface area contributed by atoms with Gasteiger partial charge in [0.1, 0.15) is 12.6 Å². The van der Waals surface area contributed by atoms with Crippen molar-refractivity contribution in [3.05, 3.63) is 59.7 Å². The first-order valence-electron chi connectivity index (χ1n) is 12.3. The van der Waals surface area contributed by atoms with E-state index in [2.05, 4.69) is 29.6 Å². The van der Waals surface area contributed by atoms with E-state index in [4.69, 9.17) is 4.74 Å². The number of hydrogen-bond donors (Lipinski definition) is 2. The van der Waals surface area contributed by atoms with E-state index in [-0.39, 0.29) is 35.8 Å². The second-order valence-corrected chi connectivity index (χ2v) is 10.7. The third-order valence-electron chi connectivity index (χ3n) is 7.43. The Labute approximate surface area is 209 Å². The van der Waals surface area contributed by atoms with Crippen molar-refractivity contribution in [1.82, 2.24) is 10.2 Å². The SMILES string of the molecule is CCC1SCC(C(=O)O)N1C(=O)C1CCC(NC(=O)OCC2c3ccccc3-c3ccccc32)C1. The Hall–Kier alpha value is -3.00. The van der Waals surface area contributed by atoms with Gasteiger partial charge in [0, 0.05) is 23.6 Å². The lowest BCUT2D eigenvalue weighted by Crippen LogP contribution is -2.48. The number of aliphatic carboxylic acids is 1. The average molecular weight is 495 g/mol. The molecule has 2 aromatic carbocycles. The maximum Gasteiger partial charge on any atom is 0.407 e. The number of carboxylic acid groups (broad SMARTS) is 1. The highest BCUT2D eigenvalue weighted by Gasteiger charge is 2.44. The average Bonchev–Trinajstić information content (AvgIpc) is 3.58. The number of nitrogens with one attached hydrogen (secondary N) is 1. The van der Waals surface area contributed by atoms with Gasteiger partial charge in [0.05, 0.1) is 5.37 Å². The normalized spacial score (nSPS) is 25.2. The van der Waals surface area contributed by atoms with Crippen LogP contribution in [0.15, 0.2) is 48.5 Å². The van der Waals surface area contributed by atoms with Crippen LogP contribution in [-0.2, 0) is 14.3 Å². The number of ether oxygens (including phenoxy) is 1. The van der Waals surface area contributed by atoms with Crippen LogP contribution in [0.3, 0.4) is 0 Å². The van der Waals surface area contributed by atoms with E-state index in [1.807, 2.05) is 31.2 Å². The lowest BCUT2D eigenvalue weighted by atomic mass is 9.98. The highest BCUT2D eigenvalue weighted by Crippen LogP contribution is 2.44. The maximum absolute atomic E-state index is 13.2. The predicted molar refractivity (Wildman–Crippen MR) is 134 cm³/mol. The van der Waals surface area contributed by atoms with Crippen molar-refractivity contribution in [1.29, 1.82) is 0 Å². The molecular weight excluding hydrogens is 464 g/mol. The van der Waals surface area contributed by atoms with Crippen LogP contribution in [0.5, 0.6) is 0 Å². The molecule has 1 heterocycles. The largest absolute Gasteiger partial charge is 0.480 e. The fourth-order valence-corrected chi connectivity index (χ4v) is 7.07. The summed E-state index contributed by atoms with van der Waals surface area (Å²) in [6.45, 7) is 2.22. The van der Waals surface area contributed by atoms with E-state index in [1.165, 1.54) is 22.9 Å². The number of alkyl carbamates (subject to hydrolysis) is 1. The fourth-order valence-electron chi connectivity index (χ4n) is 5.72. The summed E-state index contributed by atoms with van der Waals surface area (Å²) < 4.78 is 5.65. The number of carbonyl (C=O) groups excluding carboxylic acids is 2. The molecule has 2 fully saturated rings. The van der Waals surface area contributed by atoms with Crippen molar-refractivity contribution < 1.29 is 24.2 Å². The molecule has 2 N–H and O–H groups in total. The summed E-state index contributed by atoms with van der Waals surface area (Å²) in [6.07, 6.45) is 2.06. The van der Waals surface area contributed by atoms with Crippen LogP contribution in [0.2, 0.25) is 0 Å². The third-order valence-corrected chi connectivity index (χ3v) is 8.88. The van der Waals surface area contributed by atoms with E-state index in [0.29, 0.717) is 31.4 Å². The van der Waals surface area contributed by atoms with E-state index < -0.39 is 18.1 Å². The van der Waals surface area contributed by atoms with Gasteiger partial charge in [-0.2, -0.15) is 0 Å². The molecule has 184 valence electrons. The molecule has 5 rings (SSSR count). The number of hydrogen-bond acceptors (Lipinski definition) is 5. The molecule has 1 saturated carbocycles. The molecular formula is C27H30N2O5S. The summed E-state index contributed by atoms with van der Waals surface area (Å²) in [7, 11) is 0. The number of amides is 2. The molecule has 2 aromatic rings. The number of benzene rings is 2. The van der Waals surface area contributed by atoms with Crippen LogP contribution >= 0.6 is 11.8 Å². The first-order valence-corrected chi connectivity index (χ1v) is 13.3. The smallest absolute Gasteiger partial charge is 0.407 e. The van der Waals surface area contributed by atoms with Gasteiger partial charge in [-0.25, -0.2) is 9.59 Å². The molecule has 35 heavy (non-hydrogen) atoms. The van der Waals surface area contributed by atoms with Gasteiger partial charge >= 0.3 is 12.1 Å². The Balaban J connectivity index is 1.17. The number of carboxylic acids is 1. The maximum atomic E-state index is 13.2. The topological polar surface area (TPSA) is 95.9 Å². The molecule has 0 aromatic heterocycles. The van der Waals surface area contributed by atoms with Crippen LogP contribution in [0.1, 0.15) is 49.7 Å². The Morgan fingerprint density at radius 1 is 1.06 bits per heavy atom. The zero-order chi connectivity index (χ0) is 24.5. The van der Waals surface area contributed by atoms with Crippen molar-refractivity contribution in [2.24, 2.45) is 5.92 Å². The molecule has 1 aliphatic heterocycles. The Kier molecular flexibility index (Phi) is 6.73. The van der Waals surface area contributed by atoms with Gasteiger partial charge in [-0.3, -0.25) is 4.79 Å². The van der Waals surface area contributed by atoms with Gasteiger partial charge in [0.25, 0.3) is 0 Å². The zero-order valence-electron chi connectivity index (χ0n) is 19.7. The van der Waals surface area contributed by atoms with E-state index >= 15 is 0 Å².